The number of hydrogen-bond acceptors (Lipinski definition) is 6. The molecule has 0 bridgehead atoms. The Labute approximate surface area is 194 Å². The molecular formula is C25H22N6O3. The summed E-state index contributed by atoms with van der Waals surface area (Å²) in [7, 11) is 3.18. The summed E-state index contributed by atoms with van der Waals surface area (Å²) in [6, 6.07) is 21.5. The van der Waals surface area contributed by atoms with E-state index in [-0.39, 0.29) is 11.2 Å². The normalized spacial score (nSPS) is 11.5. The van der Waals surface area contributed by atoms with Gasteiger partial charge >= 0.3 is 5.69 Å². The van der Waals surface area contributed by atoms with Crippen LogP contribution in [0.1, 0.15) is 11.1 Å². The maximum absolute atomic E-state index is 12.8. The predicted molar refractivity (Wildman–Crippen MR) is 133 cm³/mol. The Morgan fingerprint density at radius 3 is 2.62 bits per heavy atom. The van der Waals surface area contributed by atoms with E-state index in [1.165, 1.54) is 4.57 Å². The molecule has 0 saturated carbocycles. The number of anilines is 1. The number of aromatic amines is 1. The number of rotatable bonds is 6. The second-order valence-corrected chi connectivity index (χ2v) is 7.79. The first-order chi connectivity index (χ1) is 16.5. The van der Waals surface area contributed by atoms with E-state index in [0.29, 0.717) is 12.5 Å². The van der Waals surface area contributed by atoms with Crippen molar-refractivity contribution in [1.29, 1.82) is 0 Å². The van der Waals surface area contributed by atoms with E-state index >= 15 is 0 Å². The van der Waals surface area contributed by atoms with Crippen LogP contribution in [0.2, 0.25) is 0 Å². The molecule has 170 valence electrons. The number of hydrogen-bond donors (Lipinski definition) is 2. The molecular weight excluding hydrogens is 432 g/mol. The number of aromatic nitrogens is 4. The van der Waals surface area contributed by atoms with Crippen LogP contribution in [0, 0.1) is 0 Å². The molecule has 34 heavy (non-hydrogen) atoms. The van der Waals surface area contributed by atoms with Crippen LogP contribution in [-0.4, -0.2) is 32.4 Å². The van der Waals surface area contributed by atoms with Crippen molar-refractivity contribution in [1.82, 2.24) is 19.1 Å². The second-order valence-electron chi connectivity index (χ2n) is 7.79. The molecule has 0 aliphatic rings. The van der Waals surface area contributed by atoms with Gasteiger partial charge in [0.25, 0.3) is 5.56 Å². The second kappa shape index (κ2) is 8.70. The van der Waals surface area contributed by atoms with Crippen LogP contribution < -0.4 is 21.4 Å². The highest BCUT2D eigenvalue weighted by atomic mass is 16.5. The minimum absolute atomic E-state index is 0.274. The first kappa shape index (κ1) is 21.2. The van der Waals surface area contributed by atoms with E-state index < -0.39 is 11.2 Å². The van der Waals surface area contributed by atoms with Crippen molar-refractivity contribution in [2.24, 2.45) is 12.1 Å². The highest BCUT2D eigenvalue weighted by Crippen LogP contribution is 2.23. The van der Waals surface area contributed by atoms with Crippen LogP contribution in [-0.2, 0) is 13.6 Å². The van der Waals surface area contributed by atoms with Crippen molar-refractivity contribution in [3.8, 4) is 5.75 Å². The molecule has 2 aromatic heterocycles. The van der Waals surface area contributed by atoms with E-state index in [9.17, 15) is 9.59 Å². The summed E-state index contributed by atoms with van der Waals surface area (Å²) in [5, 5.41) is 6.48. The van der Waals surface area contributed by atoms with Crippen molar-refractivity contribution in [2.75, 3.05) is 12.5 Å². The predicted octanol–water partition coefficient (Wildman–Crippen LogP) is 3.08. The Bertz CT molecular complexity index is 1640. The average molecular weight is 454 g/mol. The lowest BCUT2D eigenvalue weighted by molar-refractivity contribution is 0.415. The minimum atomic E-state index is -0.527. The maximum atomic E-state index is 12.8. The third kappa shape index (κ3) is 3.83. The first-order valence-corrected chi connectivity index (χ1v) is 10.6. The number of aryl methyl sites for hydroxylation is 1. The molecule has 0 fully saturated rings. The molecule has 9 heteroatoms. The Kier molecular flexibility index (Phi) is 5.43. The van der Waals surface area contributed by atoms with Gasteiger partial charge in [0, 0.05) is 7.05 Å². The van der Waals surface area contributed by atoms with Crippen LogP contribution in [0.3, 0.4) is 0 Å². The highest BCUT2D eigenvalue weighted by Gasteiger charge is 2.18. The van der Waals surface area contributed by atoms with Gasteiger partial charge in [0.05, 0.1) is 19.9 Å². The number of nitrogens with zero attached hydrogens (tertiary/aromatic N) is 4. The number of H-pyrrole nitrogens is 1. The van der Waals surface area contributed by atoms with Gasteiger partial charge in [0.15, 0.2) is 11.2 Å². The van der Waals surface area contributed by atoms with Gasteiger partial charge in [-0.2, -0.15) is 10.1 Å². The third-order valence-corrected chi connectivity index (χ3v) is 5.71. The highest BCUT2D eigenvalue weighted by molar-refractivity contribution is 5.86. The summed E-state index contributed by atoms with van der Waals surface area (Å²) >= 11 is 0. The monoisotopic (exact) mass is 454 g/mol. The van der Waals surface area contributed by atoms with Gasteiger partial charge < -0.3 is 4.74 Å². The van der Waals surface area contributed by atoms with Crippen molar-refractivity contribution < 1.29 is 4.74 Å². The average Bonchev–Trinajstić information content (AvgIpc) is 3.22. The van der Waals surface area contributed by atoms with Gasteiger partial charge in [-0.3, -0.25) is 18.9 Å². The van der Waals surface area contributed by atoms with Crippen LogP contribution in [0.15, 0.2) is 81.4 Å². The van der Waals surface area contributed by atoms with Crippen molar-refractivity contribution in [2.45, 2.75) is 6.54 Å². The molecule has 0 saturated heterocycles. The van der Waals surface area contributed by atoms with E-state index in [2.05, 4.69) is 20.5 Å². The summed E-state index contributed by atoms with van der Waals surface area (Å²) in [5.41, 5.74) is 4.34. The van der Waals surface area contributed by atoms with E-state index in [1.807, 2.05) is 66.7 Å². The van der Waals surface area contributed by atoms with Crippen LogP contribution in [0.25, 0.3) is 21.9 Å². The van der Waals surface area contributed by atoms with E-state index in [0.717, 1.165) is 27.6 Å². The number of hydrazone groups is 1. The molecule has 0 aliphatic heterocycles. The van der Waals surface area contributed by atoms with Crippen molar-refractivity contribution in [3.05, 3.63) is 98.7 Å². The molecule has 5 rings (SSSR count). The van der Waals surface area contributed by atoms with Crippen molar-refractivity contribution in [3.63, 3.8) is 0 Å². The number of fused-ring (bicyclic) bond motifs is 2. The third-order valence-electron chi connectivity index (χ3n) is 5.71. The SMILES string of the molecule is COc1ccc(C=NNc2nc3c(c(=O)[nH]c(=O)n3C)n2Cc2cccc3ccccc23)cc1. The van der Waals surface area contributed by atoms with Crippen LogP contribution in [0.4, 0.5) is 5.95 Å². The quantitative estimate of drug-likeness (QED) is 0.303. The molecule has 3 aromatic carbocycles. The van der Waals surface area contributed by atoms with Gasteiger partial charge in [-0.25, -0.2) is 10.2 Å². The number of nitrogens with one attached hydrogen (secondary N) is 2. The molecule has 2 heterocycles. The van der Waals surface area contributed by atoms with Gasteiger partial charge in [-0.1, -0.05) is 42.5 Å². The van der Waals surface area contributed by atoms with Gasteiger partial charge in [-0.15, -0.1) is 0 Å². The number of imidazole rings is 1. The van der Waals surface area contributed by atoms with Crippen LogP contribution in [0.5, 0.6) is 5.75 Å². The summed E-state index contributed by atoms with van der Waals surface area (Å²) in [5.74, 6) is 1.10. The number of benzene rings is 3. The van der Waals surface area contributed by atoms with Gasteiger partial charge in [0.1, 0.15) is 5.75 Å². The standard InChI is InChI=1S/C25H22N6O3/c1-30-22-21(23(32)28-25(30)33)31(15-18-8-5-7-17-6-3-4-9-20(17)18)24(27-22)29-26-14-16-10-12-19(34-2)13-11-16/h3-14H,15H2,1-2H3,(H,27,29)(H,28,32,33). The summed E-state index contributed by atoms with van der Waals surface area (Å²) < 4.78 is 8.23. The fourth-order valence-corrected chi connectivity index (χ4v) is 3.93. The summed E-state index contributed by atoms with van der Waals surface area (Å²) in [6.45, 7) is 0.361. The zero-order valence-electron chi connectivity index (χ0n) is 18.6. The van der Waals surface area contributed by atoms with E-state index in [4.69, 9.17) is 4.74 Å². The zero-order valence-corrected chi connectivity index (χ0v) is 18.6. The lowest BCUT2D eigenvalue weighted by atomic mass is 10.0. The Morgan fingerprint density at radius 2 is 1.82 bits per heavy atom. The molecule has 0 amide bonds. The van der Waals surface area contributed by atoms with Gasteiger partial charge in [-0.05, 0) is 46.2 Å². The minimum Gasteiger partial charge on any atom is -0.497 e. The van der Waals surface area contributed by atoms with E-state index in [1.54, 1.807) is 24.9 Å². The topological polar surface area (TPSA) is 106 Å². The van der Waals surface area contributed by atoms with Crippen molar-refractivity contribution >= 4 is 34.1 Å². The molecule has 0 spiro atoms. The molecule has 9 nitrogen and oxygen atoms in total. The molecule has 0 atom stereocenters. The molecule has 2 N–H and O–H groups in total. The fraction of sp³-hybridized carbons (Fsp3) is 0.120. The Morgan fingerprint density at radius 1 is 1.06 bits per heavy atom. The fourth-order valence-electron chi connectivity index (χ4n) is 3.93. The first-order valence-electron chi connectivity index (χ1n) is 10.6. The Hall–Kier alpha value is -4.66. The lowest BCUT2D eigenvalue weighted by Crippen LogP contribution is -2.29. The van der Waals surface area contributed by atoms with Gasteiger partial charge in [0.2, 0.25) is 5.95 Å². The molecule has 0 aliphatic carbocycles. The van der Waals surface area contributed by atoms with Crippen LogP contribution >= 0.6 is 0 Å². The number of ether oxygens (including phenoxy) is 1. The summed E-state index contributed by atoms with van der Waals surface area (Å²) in [4.78, 5) is 31.8. The lowest BCUT2D eigenvalue weighted by Gasteiger charge is -2.11. The Balaban J connectivity index is 1.59. The molecule has 0 unspecified atom stereocenters. The zero-order chi connectivity index (χ0) is 23.7. The smallest absolute Gasteiger partial charge is 0.329 e. The number of methoxy groups -OCH3 is 1. The maximum Gasteiger partial charge on any atom is 0.329 e. The molecule has 0 radical (unpaired) electrons. The molecule has 5 aromatic rings. The largest absolute Gasteiger partial charge is 0.497 e. The summed E-state index contributed by atoms with van der Waals surface area (Å²) in [6.07, 6.45) is 1.64.